The van der Waals surface area contributed by atoms with Crippen LogP contribution in [0.3, 0.4) is 0 Å². The van der Waals surface area contributed by atoms with Crippen molar-refractivity contribution in [2.75, 3.05) is 13.6 Å². The topological polar surface area (TPSA) is 3.24 Å². The second-order valence-corrected chi connectivity index (χ2v) is 6.54. The van der Waals surface area contributed by atoms with Crippen LogP contribution < -0.4 is 0 Å². The van der Waals surface area contributed by atoms with Gasteiger partial charge in [-0.05, 0) is 61.7 Å². The van der Waals surface area contributed by atoms with E-state index < -0.39 is 0 Å². The quantitative estimate of drug-likeness (QED) is 0.730. The molecular weight excluding hydrogens is 341 g/mol. The van der Waals surface area contributed by atoms with Crippen LogP contribution in [0.15, 0.2) is 48.5 Å². The minimum Gasteiger partial charge on any atom is -0.303 e. The molecule has 4 rings (SSSR count). The van der Waals surface area contributed by atoms with Crippen molar-refractivity contribution in [3.8, 4) is 0 Å². The molecule has 1 saturated heterocycles. The third-order valence-corrected chi connectivity index (χ3v) is 5.47. The fourth-order valence-electron chi connectivity index (χ4n) is 4.28. The molecule has 1 aliphatic carbocycles. The Balaban J connectivity index is 0.00000144. The first kappa shape index (κ1) is 15.7. The van der Waals surface area contributed by atoms with Crippen LogP contribution in [-0.4, -0.2) is 24.5 Å². The first-order chi connectivity index (χ1) is 10.2. The smallest absolute Gasteiger partial charge is 0.123 e. The average molecular weight is 362 g/mol. The predicted octanol–water partition coefficient (Wildman–Crippen LogP) is 4.34. The van der Waals surface area contributed by atoms with E-state index in [0.717, 1.165) is 25.8 Å². The maximum atomic E-state index is 13.9. The number of hydrogen-bond donors (Lipinski definition) is 0. The number of nitrogens with zero attached hydrogens (tertiary/aromatic N) is 1. The molecule has 2 bridgehead atoms. The third-order valence-electron chi connectivity index (χ3n) is 5.47. The zero-order valence-corrected chi connectivity index (χ0v) is 14.5. The van der Waals surface area contributed by atoms with E-state index in [1.54, 1.807) is 12.1 Å². The van der Waals surface area contributed by atoms with Gasteiger partial charge >= 0.3 is 0 Å². The zero-order chi connectivity index (χ0) is 14.4. The van der Waals surface area contributed by atoms with E-state index in [1.807, 2.05) is 6.07 Å². The number of fused-ring (bicyclic) bond motifs is 4. The van der Waals surface area contributed by atoms with Gasteiger partial charge in [-0.3, -0.25) is 0 Å². The first-order valence-electron chi connectivity index (χ1n) is 7.74. The Bertz CT molecular complexity index is 672. The summed E-state index contributed by atoms with van der Waals surface area (Å²) in [5, 5.41) is 0. The molecule has 0 amide bonds. The summed E-state index contributed by atoms with van der Waals surface area (Å²) in [5.74, 6) is -0.110. The van der Waals surface area contributed by atoms with E-state index in [4.69, 9.17) is 0 Å². The van der Waals surface area contributed by atoms with Crippen LogP contribution in [0, 0.1) is 5.82 Å². The lowest BCUT2D eigenvalue weighted by Crippen LogP contribution is -2.52. The first-order valence-corrected chi connectivity index (χ1v) is 7.74. The molecule has 1 nitrogen and oxygen atoms in total. The van der Waals surface area contributed by atoms with Gasteiger partial charge in [-0.25, -0.2) is 4.39 Å². The summed E-state index contributed by atoms with van der Waals surface area (Å²) >= 11 is 0. The second-order valence-electron chi connectivity index (χ2n) is 6.54. The SMILES string of the molecule is Br.CN1CCC2(c3ccccc3)CC1Cc1ccc(F)cc12. The number of halogens is 2. The number of piperidine rings is 1. The van der Waals surface area contributed by atoms with Gasteiger partial charge in [-0.2, -0.15) is 0 Å². The van der Waals surface area contributed by atoms with Crippen LogP contribution in [0.25, 0.3) is 0 Å². The van der Waals surface area contributed by atoms with Gasteiger partial charge in [-0.15, -0.1) is 17.0 Å². The molecule has 1 heterocycles. The van der Waals surface area contributed by atoms with Crippen LogP contribution >= 0.6 is 17.0 Å². The van der Waals surface area contributed by atoms with Crippen LogP contribution in [0.1, 0.15) is 29.5 Å². The van der Waals surface area contributed by atoms with Gasteiger partial charge < -0.3 is 4.90 Å². The molecule has 2 aliphatic rings. The fraction of sp³-hybridized carbons (Fsp3) is 0.368. The number of likely N-dealkylation sites (N-methyl/N-ethyl adjacent to an activating group) is 1. The van der Waals surface area contributed by atoms with Gasteiger partial charge in [0.15, 0.2) is 0 Å². The van der Waals surface area contributed by atoms with Crippen molar-refractivity contribution in [1.29, 1.82) is 0 Å². The normalized spacial score (nSPS) is 26.9. The highest BCUT2D eigenvalue weighted by Crippen LogP contribution is 2.48. The Hall–Kier alpha value is -1.19. The summed E-state index contributed by atoms with van der Waals surface area (Å²) in [7, 11) is 2.22. The van der Waals surface area contributed by atoms with Crippen molar-refractivity contribution in [3.05, 3.63) is 71.0 Å². The van der Waals surface area contributed by atoms with Crippen molar-refractivity contribution >= 4 is 17.0 Å². The van der Waals surface area contributed by atoms with Crippen LogP contribution in [0.5, 0.6) is 0 Å². The van der Waals surface area contributed by atoms with Crippen LogP contribution in [0.2, 0.25) is 0 Å². The Labute approximate surface area is 141 Å². The third kappa shape index (κ3) is 2.31. The standard InChI is InChI=1S/C19H20FN.BrH/c1-21-10-9-19(15-5-3-2-4-6-15)13-17(21)11-14-7-8-16(20)12-18(14)19;/h2-8,12,17H,9-11,13H2,1H3;1H. The largest absolute Gasteiger partial charge is 0.303 e. The summed E-state index contributed by atoms with van der Waals surface area (Å²) in [6.07, 6.45) is 3.21. The van der Waals surface area contributed by atoms with Gasteiger partial charge in [0.25, 0.3) is 0 Å². The Morgan fingerprint density at radius 2 is 1.91 bits per heavy atom. The van der Waals surface area contributed by atoms with E-state index >= 15 is 0 Å². The molecule has 116 valence electrons. The van der Waals surface area contributed by atoms with Crippen molar-refractivity contribution in [2.24, 2.45) is 0 Å². The Kier molecular flexibility index (Phi) is 4.13. The molecule has 2 unspecified atom stereocenters. The summed E-state index contributed by atoms with van der Waals surface area (Å²) < 4.78 is 13.9. The minimum atomic E-state index is -0.110. The van der Waals surface area contributed by atoms with E-state index in [9.17, 15) is 4.39 Å². The molecular formula is C19H21BrFN. The lowest BCUT2D eigenvalue weighted by atomic mass is 9.61. The molecule has 22 heavy (non-hydrogen) atoms. The van der Waals surface area contributed by atoms with Crippen LogP contribution in [-0.2, 0) is 11.8 Å². The molecule has 1 aliphatic heterocycles. The van der Waals surface area contributed by atoms with Crippen molar-refractivity contribution in [1.82, 2.24) is 4.90 Å². The summed E-state index contributed by atoms with van der Waals surface area (Å²) in [5.41, 5.74) is 3.88. The van der Waals surface area contributed by atoms with Crippen molar-refractivity contribution in [2.45, 2.75) is 30.7 Å². The Morgan fingerprint density at radius 3 is 2.68 bits per heavy atom. The van der Waals surface area contributed by atoms with Gasteiger partial charge in [0.1, 0.15) is 5.82 Å². The van der Waals surface area contributed by atoms with Crippen LogP contribution in [0.4, 0.5) is 4.39 Å². The van der Waals surface area contributed by atoms with E-state index in [2.05, 4.69) is 42.3 Å². The zero-order valence-electron chi connectivity index (χ0n) is 12.8. The molecule has 2 atom stereocenters. The summed E-state index contributed by atoms with van der Waals surface area (Å²) in [4.78, 5) is 2.47. The number of rotatable bonds is 1. The predicted molar refractivity (Wildman–Crippen MR) is 93.3 cm³/mol. The highest BCUT2D eigenvalue weighted by atomic mass is 79.9. The van der Waals surface area contributed by atoms with E-state index in [1.165, 1.54) is 16.7 Å². The molecule has 0 saturated carbocycles. The van der Waals surface area contributed by atoms with Crippen molar-refractivity contribution < 1.29 is 4.39 Å². The lowest BCUT2D eigenvalue weighted by molar-refractivity contribution is 0.123. The average Bonchev–Trinajstić information content (AvgIpc) is 2.52. The van der Waals surface area contributed by atoms with E-state index in [-0.39, 0.29) is 28.2 Å². The van der Waals surface area contributed by atoms with Gasteiger partial charge in [0.05, 0.1) is 0 Å². The number of benzene rings is 2. The molecule has 1 fully saturated rings. The van der Waals surface area contributed by atoms with Crippen molar-refractivity contribution in [3.63, 3.8) is 0 Å². The minimum absolute atomic E-state index is 0. The van der Waals surface area contributed by atoms with E-state index in [0.29, 0.717) is 6.04 Å². The maximum Gasteiger partial charge on any atom is 0.123 e. The summed E-state index contributed by atoms with van der Waals surface area (Å²) in [6.45, 7) is 1.08. The molecule has 0 aromatic heterocycles. The Morgan fingerprint density at radius 1 is 1.14 bits per heavy atom. The van der Waals surface area contributed by atoms with Gasteiger partial charge in [-0.1, -0.05) is 36.4 Å². The molecule has 2 aromatic carbocycles. The molecule has 3 heteroatoms. The highest BCUT2D eigenvalue weighted by Gasteiger charge is 2.45. The summed E-state index contributed by atoms with van der Waals surface area (Å²) in [6, 6.07) is 16.6. The number of hydrogen-bond acceptors (Lipinski definition) is 1. The molecule has 0 radical (unpaired) electrons. The molecule has 2 aromatic rings. The monoisotopic (exact) mass is 361 g/mol. The van der Waals surface area contributed by atoms with Gasteiger partial charge in [0.2, 0.25) is 0 Å². The number of likely N-dealkylation sites (tertiary alicyclic amines) is 1. The van der Waals surface area contributed by atoms with Gasteiger partial charge in [0, 0.05) is 11.5 Å². The second kappa shape index (κ2) is 5.78. The molecule has 0 N–H and O–H groups in total. The maximum absolute atomic E-state index is 13.9. The lowest BCUT2D eigenvalue weighted by Gasteiger charge is -2.50. The highest BCUT2D eigenvalue weighted by molar-refractivity contribution is 8.93. The molecule has 0 spiro atoms. The fourth-order valence-corrected chi connectivity index (χ4v) is 4.28.